The first-order valence-corrected chi connectivity index (χ1v) is 7.98. The molecule has 0 saturated heterocycles. The first kappa shape index (κ1) is 15.5. The maximum Gasteiger partial charge on any atom is 0.336 e. The summed E-state index contributed by atoms with van der Waals surface area (Å²) >= 11 is 5.83. The summed E-state index contributed by atoms with van der Waals surface area (Å²) < 4.78 is 26.4. The molecular weight excluding hydrogens is 316 g/mol. The molecule has 0 radical (unpaired) electrons. The number of carbonyl (C=O) groups is 1. The van der Waals surface area contributed by atoms with Crippen molar-refractivity contribution in [3.63, 3.8) is 0 Å². The smallest absolute Gasteiger partial charge is 0.336 e. The molecule has 2 aromatic rings. The van der Waals surface area contributed by atoms with Crippen molar-refractivity contribution in [3.05, 3.63) is 46.2 Å². The van der Waals surface area contributed by atoms with Gasteiger partial charge in [-0.15, -0.1) is 0 Å². The second-order valence-corrected chi connectivity index (χ2v) is 7.02. The Bertz CT molecular complexity index is 812. The van der Waals surface area contributed by atoms with Gasteiger partial charge in [0.2, 0.25) is 0 Å². The lowest BCUT2D eigenvalue weighted by Gasteiger charge is -2.10. The van der Waals surface area contributed by atoms with Gasteiger partial charge in [0.1, 0.15) is 0 Å². The minimum atomic E-state index is -3.73. The molecule has 1 aromatic carbocycles. The average Bonchev–Trinajstić information content (AvgIpc) is 2.76. The lowest BCUT2D eigenvalue weighted by molar-refractivity contribution is 0.0696. The number of benzene rings is 1. The fourth-order valence-corrected chi connectivity index (χ4v) is 3.88. The highest BCUT2D eigenvalue weighted by Crippen LogP contribution is 2.27. The fraction of sp³-hybridized carbons (Fsp3) is 0.231. The van der Waals surface area contributed by atoms with Crippen molar-refractivity contribution < 1.29 is 18.3 Å². The zero-order valence-electron chi connectivity index (χ0n) is 11.4. The van der Waals surface area contributed by atoms with Crippen LogP contribution in [0.15, 0.2) is 29.3 Å². The van der Waals surface area contributed by atoms with Crippen molar-refractivity contribution in [2.75, 3.05) is 0 Å². The number of carboxylic acids is 1. The quantitative estimate of drug-likeness (QED) is 0.927. The van der Waals surface area contributed by atoms with Crippen molar-refractivity contribution in [2.45, 2.75) is 17.6 Å². The molecule has 0 amide bonds. The van der Waals surface area contributed by atoms with E-state index in [1.165, 1.54) is 23.7 Å². The maximum atomic E-state index is 12.5. The molecule has 0 fully saturated rings. The number of aryl methyl sites for hydroxylation is 1. The van der Waals surface area contributed by atoms with Crippen molar-refractivity contribution >= 4 is 27.4 Å². The van der Waals surface area contributed by atoms with Gasteiger partial charge in [-0.3, -0.25) is 4.68 Å². The van der Waals surface area contributed by atoms with Crippen LogP contribution >= 0.6 is 11.6 Å². The summed E-state index contributed by atoms with van der Waals surface area (Å²) in [6, 6.07) is 4.09. The van der Waals surface area contributed by atoms with Crippen molar-refractivity contribution in [1.29, 1.82) is 0 Å². The highest BCUT2D eigenvalue weighted by Gasteiger charge is 2.23. The van der Waals surface area contributed by atoms with Gasteiger partial charge in [-0.25, -0.2) is 13.2 Å². The third-order valence-electron chi connectivity index (χ3n) is 3.00. The number of rotatable bonds is 4. The van der Waals surface area contributed by atoms with Crippen molar-refractivity contribution in [3.8, 4) is 0 Å². The molecule has 112 valence electrons. The SMILES string of the molecule is Cc1c(C(=O)O)cc(Cl)cc1S(=O)(=O)Cc1ccn(C)n1. The molecule has 0 bridgehead atoms. The minimum Gasteiger partial charge on any atom is -0.478 e. The zero-order valence-corrected chi connectivity index (χ0v) is 12.9. The Kier molecular flexibility index (Phi) is 4.06. The molecular formula is C13H13ClN2O4S. The van der Waals surface area contributed by atoms with Crippen LogP contribution in [-0.4, -0.2) is 29.3 Å². The van der Waals surface area contributed by atoms with Gasteiger partial charge in [0.15, 0.2) is 9.84 Å². The van der Waals surface area contributed by atoms with Crippen LogP contribution in [0.3, 0.4) is 0 Å². The van der Waals surface area contributed by atoms with Crippen LogP contribution < -0.4 is 0 Å². The molecule has 0 unspecified atom stereocenters. The Morgan fingerprint density at radius 1 is 1.43 bits per heavy atom. The van der Waals surface area contributed by atoms with E-state index in [0.29, 0.717) is 5.69 Å². The van der Waals surface area contributed by atoms with Gasteiger partial charge in [-0.05, 0) is 30.7 Å². The first-order valence-electron chi connectivity index (χ1n) is 5.95. The van der Waals surface area contributed by atoms with Gasteiger partial charge < -0.3 is 5.11 Å². The topological polar surface area (TPSA) is 89.3 Å². The number of hydrogen-bond donors (Lipinski definition) is 1. The Balaban J connectivity index is 2.52. The Morgan fingerprint density at radius 3 is 2.62 bits per heavy atom. The largest absolute Gasteiger partial charge is 0.478 e. The van der Waals surface area contributed by atoms with Crippen LogP contribution in [0.1, 0.15) is 21.6 Å². The molecule has 0 aliphatic rings. The van der Waals surface area contributed by atoms with Crippen LogP contribution in [0.5, 0.6) is 0 Å². The van der Waals surface area contributed by atoms with Crippen LogP contribution in [-0.2, 0) is 22.6 Å². The van der Waals surface area contributed by atoms with Gasteiger partial charge in [0, 0.05) is 18.3 Å². The maximum absolute atomic E-state index is 12.5. The molecule has 8 heteroatoms. The predicted molar refractivity (Wildman–Crippen MR) is 77.2 cm³/mol. The summed E-state index contributed by atoms with van der Waals surface area (Å²) in [5.41, 5.74) is 0.429. The average molecular weight is 329 g/mol. The number of aromatic nitrogens is 2. The molecule has 0 atom stereocenters. The molecule has 0 aliphatic carbocycles. The molecule has 0 saturated carbocycles. The second-order valence-electron chi connectivity index (χ2n) is 4.62. The normalized spacial score (nSPS) is 11.6. The van der Waals surface area contributed by atoms with Crippen molar-refractivity contribution in [2.24, 2.45) is 7.05 Å². The highest BCUT2D eigenvalue weighted by molar-refractivity contribution is 7.90. The highest BCUT2D eigenvalue weighted by atomic mass is 35.5. The molecule has 1 N–H and O–H groups in total. The van der Waals surface area contributed by atoms with E-state index in [4.69, 9.17) is 16.7 Å². The molecule has 21 heavy (non-hydrogen) atoms. The number of aromatic carboxylic acids is 1. The van der Waals surface area contributed by atoms with Gasteiger partial charge >= 0.3 is 5.97 Å². The van der Waals surface area contributed by atoms with E-state index in [-0.39, 0.29) is 26.8 Å². The predicted octanol–water partition coefficient (Wildman–Crippen LogP) is 2.05. The van der Waals surface area contributed by atoms with Crippen LogP contribution in [0.2, 0.25) is 5.02 Å². The molecule has 0 spiro atoms. The third kappa shape index (κ3) is 3.25. The number of halogens is 1. The monoisotopic (exact) mass is 328 g/mol. The van der Waals surface area contributed by atoms with Gasteiger partial charge in [0.25, 0.3) is 0 Å². The number of hydrogen-bond acceptors (Lipinski definition) is 4. The Hall–Kier alpha value is -1.86. The molecule has 6 nitrogen and oxygen atoms in total. The number of nitrogens with zero attached hydrogens (tertiary/aromatic N) is 2. The van der Waals surface area contributed by atoms with E-state index in [0.717, 1.165) is 0 Å². The molecule has 0 aliphatic heterocycles. The summed E-state index contributed by atoms with van der Waals surface area (Å²) in [7, 11) is -2.05. The van der Waals surface area contributed by atoms with Crippen LogP contribution in [0.25, 0.3) is 0 Å². The summed E-state index contributed by atoms with van der Waals surface area (Å²) in [6.45, 7) is 1.45. The fourth-order valence-electron chi connectivity index (χ4n) is 2.01. The standard InChI is InChI=1S/C13H13ClN2O4S/c1-8-11(13(17)18)5-9(14)6-12(8)21(19,20)7-10-3-4-16(2)15-10/h3-6H,7H2,1-2H3,(H,17,18). The number of sulfone groups is 1. The van der Waals surface area contributed by atoms with E-state index in [9.17, 15) is 13.2 Å². The Morgan fingerprint density at radius 2 is 2.10 bits per heavy atom. The van der Waals surface area contributed by atoms with Crippen LogP contribution in [0.4, 0.5) is 0 Å². The van der Waals surface area contributed by atoms with E-state index < -0.39 is 15.8 Å². The van der Waals surface area contributed by atoms with Crippen LogP contribution in [0, 0.1) is 6.92 Å². The molecule has 2 rings (SSSR count). The lowest BCUT2D eigenvalue weighted by atomic mass is 10.1. The van der Waals surface area contributed by atoms with E-state index in [2.05, 4.69) is 5.10 Å². The van der Waals surface area contributed by atoms with Gasteiger partial charge in [0.05, 0.1) is 21.9 Å². The van der Waals surface area contributed by atoms with Gasteiger partial charge in [-0.2, -0.15) is 5.10 Å². The molecule has 1 aromatic heterocycles. The van der Waals surface area contributed by atoms with E-state index in [1.807, 2.05) is 0 Å². The zero-order chi connectivity index (χ0) is 15.8. The summed E-state index contributed by atoms with van der Waals surface area (Å²) in [5, 5.41) is 13.2. The first-order chi connectivity index (χ1) is 9.70. The summed E-state index contributed by atoms with van der Waals surface area (Å²) in [6.07, 6.45) is 1.64. The Labute approximate surface area is 126 Å². The second kappa shape index (κ2) is 5.50. The lowest BCUT2D eigenvalue weighted by Crippen LogP contribution is -2.11. The summed E-state index contributed by atoms with van der Waals surface area (Å²) in [5.74, 6) is -1.53. The molecule has 1 heterocycles. The van der Waals surface area contributed by atoms with Gasteiger partial charge in [-0.1, -0.05) is 11.6 Å². The third-order valence-corrected chi connectivity index (χ3v) is 4.99. The summed E-state index contributed by atoms with van der Waals surface area (Å²) in [4.78, 5) is 11.1. The minimum absolute atomic E-state index is 0.0672. The van der Waals surface area contributed by atoms with E-state index >= 15 is 0 Å². The number of carboxylic acid groups (broad SMARTS) is 1. The van der Waals surface area contributed by atoms with Crippen molar-refractivity contribution in [1.82, 2.24) is 9.78 Å². The van der Waals surface area contributed by atoms with E-state index in [1.54, 1.807) is 19.3 Å².